The molecule has 0 saturated carbocycles. The van der Waals surface area contributed by atoms with Gasteiger partial charge in [0.15, 0.2) is 0 Å². The molecule has 0 fully saturated rings. The molecule has 1 aromatic rings. The number of nitrogens with two attached hydrogens (primary N) is 2. The molecule has 1 rings (SSSR count). The van der Waals surface area contributed by atoms with Crippen molar-refractivity contribution in [3.05, 3.63) is 34.3 Å². The summed E-state index contributed by atoms with van der Waals surface area (Å²) < 4.78 is 1.03. The van der Waals surface area contributed by atoms with Gasteiger partial charge >= 0.3 is 0 Å². The predicted octanol–water partition coefficient (Wildman–Crippen LogP) is -0.863. The van der Waals surface area contributed by atoms with Crippen molar-refractivity contribution in [2.45, 2.75) is 0 Å². The summed E-state index contributed by atoms with van der Waals surface area (Å²) in [6.07, 6.45) is 1.70. The fourth-order valence-corrected chi connectivity index (χ4v) is 1.00. The first kappa shape index (κ1) is 9.73. The van der Waals surface area contributed by atoms with E-state index in [0.29, 0.717) is 0 Å². The Morgan fingerprint density at radius 1 is 1.31 bits per heavy atom. The van der Waals surface area contributed by atoms with Crippen molar-refractivity contribution in [1.29, 1.82) is 0 Å². The van der Waals surface area contributed by atoms with Gasteiger partial charge in [-0.2, -0.15) is 0 Å². The molecule has 0 saturated heterocycles. The first-order valence-electron chi connectivity index (χ1n) is 3.61. The van der Waals surface area contributed by atoms with Gasteiger partial charge in [0.05, 0.1) is 0 Å². The molecule has 0 atom stereocenters. The first-order valence-corrected chi connectivity index (χ1v) is 4.41. The highest BCUT2D eigenvalue weighted by Gasteiger charge is 1.90. The predicted molar refractivity (Wildman–Crippen MR) is 56.1 cm³/mol. The summed E-state index contributed by atoms with van der Waals surface area (Å²) in [5.74, 6) is 0.00774. The van der Waals surface area contributed by atoms with Crippen LogP contribution in [0.4, 0.5) is 0 Å². The van der Waals surface area contributed by atoms with Gasteiger partial charge in [-0.1, -0.05) is 15.9 Å². The van der Waals surface area contributed by atoms with E-state index in [1.165, 1.54) is 0 Å². The zero-order valence-electron chi connectivity index (χ0n) is 6.87. The van der Waals surface area contributed by atoms with Crippen LogP contribution in [-0.2, 0) is 0 Å². The Balaban J connectivity index is 2.70. The van der Waals surface area contributed by atoms with Crippen molar-refractivity contribution in [1.82, 2.24) is 0 Å². The smallest absolute Gasteiger partial charge is 0.256 e. The minimum Gasteiger partial charge on any atom is -0.365 e. The summed E-state index contributed by atoms with van der Waals surface area (Å²) in [6.45, 7) is 0. The van der Waals surface area contributed by atoms with E-state index in [2.05, 4.69) is 26.1 Å². The Morgan fingerprint density at radius 2 is 1.92 bits per heavy atom. The summed E-state index contributed by atoms with van der Waals surface area (Å²) in [5, 5.41) is 6.22. The quantitative estimate of drug-likeness (QED) is 0.358. The zero-order valence-corrected chi connectivity index (χ0v) is 8.45. The van der Waals surface area contributed by atoms with E-state index in [4.69, 9.17) is 11.5 Å². The minimum atomic E-state index is 0.00774. The SMILES string of the molecule is NC(N)=N[NH+]=Cc1ccc(Br)cc1. The van der Waals surface area contributed by atoms with Gasteiger partial charge in [0.1, 0.15) is 0 Å². The summed E-state index contributed by atoms with van der Waals surface area (Å²) >= 11 is 3.33. The van der Waals surface area contributed by atoms with Gasteiger partial charge in [-0.3, -0.25) is 0 Å². The van der Waals surface area contributed by atoms with Gasteiger partial charge < -0.3 is 11.5 Å². The maximum atomic E-state index is 5.12. The van der Waals surface area contributed by atoms with Crippen LogP contribution in [0.25, 0.3) is 0 Å². The maximum Gasteiger partial charge on any atom is 0.256 e. The van der Waals surface area contributed by atoms with E-state index >= 15 is 0 Å². The van der Waals surface area contributed by atoms with Crippen LogP contribution in [-0.4, -0.2) is 12.2 Å². The molecular weight excluding hydrogens is 232 g/mol. The third-order valence-electron chi connectivity index (χ3n) is 1.29. The summed E-state index contributed by atoms with van der Waals surface area (Å²) in [7, 11) is 0. The van der Waals surface area contributed by atoms with Crippen LogP contribution in [0.2, 0.25) is 0 Å². The molecule has 0 amide bonds. The molecule has 0 heterocycles. The van der Waals surface area contributed by atoms with Gasteiger partial charge in [-0.15, -0.1) is 5.10 Å². The van der Waals surface area contributed by atoms with Gasteiger partial charge in [-0.25, -0.2) is 0 Å². The van der Waals surface area contributed by atoms with Gasteiger partial charge in [0.25, 0.3) is 5.96 Å². The Morgan fingerprint density at radius 3 is 2.46 bits per heavy atom. The maximum absolute atomic E-state index is 5.12. The Hall–Kier alpha value is -1.36. The molecule has 0 radical (unpaired) electrons. The lowest BCUT2D eigenvalue weighted by Gasteiger charge is -1.88. The van der Waals surface area contributed by atoms with Crippen LogP contribution >= 0.6 is 15.9 Å². The lowest BCUT2D eigenvalue weighted by Crippen LogP contribution is -2.63. The molecule has 0 aliphatic heterocycles. The normalized spacial score (nSPS) is 10.2. The number of rotatable bonds is 2. The third-order valence-corrected chi connectivity index (χ3v) is 1.82. The lowest BCUT2D eigenvalue weighted by atomic mass is 10.2. The fourth-order valence-electron chi connectivity index (χ4n) is 0.740. The number of hydrogen-bond donors (Lipinski definition) is 3. The van der Waals surface area contributed by atoms with Crippen LogP contribution in [0.15, 0.2) is 33.8 Å². The van der Waals surface area contributed by atoms with Crippen molar-refractivity contribution < 1.29 is 5.10 Å². The molecule has 0 bridgehead atoms. The van der Waals surface area contributed by atoms with E-state index in [-0.39, 0.29) is 5.96 Å². The van der Waals surface area contributed by atoms with Crippen molar-refractivity contribution in [2.24, 2.45) is 16.6 Å². The molecule has 5 N–H and O–H groups in total. The number of benzene rings is 1. The highest BCUT2D eigenvalue weighted by Crippen LogP contribution is 2.08. The average molecular weight is 242 g/mol. The molecule has 4 nitrogen and oxygen atoms in total. The van der Waals surface area contributed by atoms with Crippen molar-refractivity contribution >= 4 is 28.1 Å². The molecule has 0 aromatic heterocycles. The largest absolute Gasteiger partial charge is 0.365 e. The van der Waals surface area contributed by atoms with Crippen molar-refractivity contribution in [2.75, 3.05) is 0 Å². The highest BCUT2D eigenvalue weighted by molar-refractivity contribution is 9.10. The standard InChI is InChI=1S/C8H9BrN4/c9-7-3-1-6(2-4-7)5-12-13-8(10)11/h1-5H,(H4,10,11,13)/p+1. The minimum absolute atomic E-state index is 0.00774. The number of nitrogens with zero attached hydrogens (tertiary/aromatic N) is 1. The number of halogens is 1. The average Bonchev–Trinajstić information content (AvgIpc) is 2.08. The van der Waals surface area contributed by atoms with Gasteiger partial charge in [-0.05, 0) is 24.3 Å². The van der Waals surface area contributed by atoms with E-state index < -0.39 is 0 Å². The lowest BCUT2D eigenvalue weighted by molar-refractivity contribution is -0.456. The van der Waals surface area contributed by atoms with Gasteiger partial charge in [0, 0.05) is 15.1 Å². The van der Waals surface area contributed by atoms with E-state index in [1.54, 1.807) is 6.21 Å². The van der Waals surface area contributed by atoms with Gasteiger partial charge in [0.2, 0.25) is 6.21 Å². The van der Waals surface area contributed by atoms with Crippen LogP contribution < -0.4 is 16.6 Å². The molecule has 0 aliphatic rings. The van der Waals surface area contributed by atoms with Crippen LogP contribution in [0.3, 0.4) is 0 Å². The second kappa shape index (κ2) is 4.61. The first-order chi connectivity index (χ1) is 6.18. The summed E-state index contributed by atoms with van der Waals surface area (Å²) in [6, 6.07) is 7.73. The van der Waals surface area contributed by atoms with Crippen LogP contribution in [0, 0.1) is 0 Å². The van der Waals surface area contributed by atoms with Crippen LogP contribution in [0.5, 0.6) is 0 Å². The van der Waals surface area contributed by atoms with Crippen molar-refractivity contribution in [3.63, 3.8) is 0 Å². The topological polar surface area (TPSA) is 78.4 Å². The monoisotopic (exact) mass is 241 g/mol. The van der Waals surface area contributed by atoms with E-state index in [0.717, 1.165) is 10.0 Å². The second-order valence-electron chi connectivity index (χ2n) is 2.36. The van der Waals surface area contributed by atoms with Crippen molar-refractivity contribution in [3.8, 4) is 0 Å². The molecule has 0 aliphatic carbocycles. The van der Waals surface area contributed by atoms with Crippen LogP contribution in [0.1, 0.15) is 5.56 Å². The molecule has 1 aromatic carbocycles. The third kappa shape index (κ3) is 3.71. The Labute approximate surface area is 84.5 Å². The molecule has 0 spiro atoms. The zero-order chi connectivity index (χ0) is 9.68. The molecular formula is C8H10BrN4+. The van der Waals surface area contributed by atoms with E-state index in [9.17, 15) is 0 Å². The summed E-state index contributed by atoms with van der Waals surface area (Å²) in [5.41, 5.74) is 11.2. The second-order valence-corrected chi connectivity index (χ2v) is 3.28. The molecule has 13 heavy (non-hydrogen) atoms. The summed E-state index contributed by atoms with van der Waals surface area (Å²) in [4.78, 5) is 0. The number of guanidine groups is 1. The fraction of sp³-hybridized carbons (Fsp3) is 0. The number of hydrogen-bond acceptors (Lipinski definition) is 1. The highest BCUT2D eigenvalue weighted by atomic mass is 79.9. The molecule has 5 heteroatoms. The Bertz CT molecular complexity index is 325. The molecule has 0 unspecified atom stereocenters. The number of hydrazone groups is 1. The Kier molecular flexibility index (Phi) is 3.45. The van der Waals surface area contributed by atoms with E-state index in [1.807, 2.05) is 24.3 Å². The molecule has 68 valence electrons. The number of nitrogens with one attached hydrogen (secondary N) is 1.